The quantitative estimate of drug-likeness (QED) is 0.591. The maximum atomic E-state index is 10.7. The standard InChI is InChI=1S/C12H20N4O3/c1-9-5-11(13-6-10(9)16(18)19)14-7-12(2,17)8-15(3)4/h5-6,17H,7-8H2,1-4H3,(H,13,14). The van der Waals surface area contributed by atoms with Gasteiger partial charge in [0.15, 0.2) is 0 Å². The first-order valence-corrected chi connectivity index (χ1v) is 5.93. The lowest BCUT2D eigenvalue weighted by molar-refractivity contribution is -0.385. The van der Waals surface area contributed by atoms with E-state index >= 15 is 0 Å². The van der Waals surface area contributed by atoms with Crippen LogP contribution in [-0.2, 0) is 0 Å². The van der Waals surface area contributed by atoms with Crippen LogP contribution in [0.2, 0.25) is 0 Å². The van der Waals surface area contributed by atoms with E-state index < -0.39 is 10.5 Å². The molecule has 1 atom stereocenters. The molecule has 0 fully saturated rings. The van der Waals surface area contributed by atoms with Gasteiger partial charge in [0, 0.05) is 18.7 Å². The summed E-state index contributed by atoms with van der Waals surface area (Å²) in [6, 6.07) is 1.60. The maximum Gasteiger partial charge on any atom is 0.290 e. The lowest BCUT2D eigenvalue weighted by atomic mass is 10.1. The Kier molecular flexibility index (Phi) is 4.79. The highest BCUT2D eigenvalue weighted by Crippen LogP contribution is 2.19. The van der Waals surface area contributed by atoms with Crippen molar-refractivity contribution >= 4 is 11.5 Å². The van der Waals surface area contributed by atoms with Crippen LogP contribution >= 0.6 is 0 Å². The highest BCUT2D eigenvalue weighted by atomic mass is 16.6. The van der Waals surface area contributed by atoms with Gasteiger partial charge in [-0.3, -0.25) is 10.1 Å². The highest BCUT2D eigenvalue weighted by molar-refractivity contribution is 5.46. The van der Waals surface area contributed by atoms with E-state index in [1.165, 1.54) is 6.20 Å². The van der Waals surface area contributed by atoms with Crippen molar-refractivity contribution in [1.29, 1.82) is 0 Å². The van der Waals surface area contributed by atoms with Crippen molar-refractivity contribution in [3.63, 3.8) is 0 Å². The van der Waals surface area contributed by atoms with E-state index in [-0.39, 0.29) is 5.69 Å². The average molecular weight is 268 g/mol. The zero-order chi connectivity index (χ0) is 14.6. The Morgan fingerprint density at radius 1 is 1.58 bits per heavy atom. The van der Waals surface area contributed by atoms with Gasteiger partial charge in [0.2, 0.25) is 0 Å². The lowest BCUT2D eigenvalue weighted by Crippen LogP contribution is -2.43. The zero-order valence-electron chi connectivity index (χ0n) is 11.7. The molecule has 0 aliphatic carbocycles. The van der Waals surface area contributed by atoms with Crippen LogP contribution < -0.4 is 5.32 Å². The summed E-state index contributed by atoms with van der Waals surface area (Å²) in [5, 5.41) is 23.8. The summed E-state index contributed by atoms with van der Waals surface area (Å²) in [5.41, 5.74) is -0.374. The number of nitro groups is 1. The Morgan fingerprint density at radius 3 is 2.68 bits per heavy atom. The van der Waals surface area contributed by atoms with Gasteiger partial charge in [-0.1, -0.05) is 0 Å². The van der Waals surface area contributed by atoms with Crippen LogP contribution in [0.4, 0.5) is 11.5 Å². The van der Waals surface area contributed by atoms with Gasteiger partial charge >= 0.3 is 0 Å². The fourth-order valence-corrected chi connectivity index (χ4v) is 1.85. The molecule has 0 radical (unpaired) electrons. The number of rotatable bonds is 6. The molecule has 0 aliphatic rings. The third-order valence-corrected chi connectivity index (χ3v) is 2.59. The smallest absolute Gasteiger partial charge is 0.290 e. The highest BCUT2D eigenvalue weighted by Gasteiger charge is 2.21. The van der Waals surface area contributed by atoms with Crippen LogP contribution in [-0.4, -0.2) is 52.7 Å². The Balaban J connectivity index is 2.69. The van der Waals surface area contributed by atoms with Gasteiger partial charge in [-0.2, -0.15) is 0 Å². The molecule has 0 amide bonds. The minimum atomic E-state index is -0.902. The number of nitrogens with one attached hydrogen (secondary N) is 1. The molecule has 1 rings (SSSR count). The zero-order valence-corrected chi connectivity index (χ0v) is 11.7. The van der Waals surface area contributed by atoms with E-state index in [1.54, 1.807) is 19.9 Å². The number of likely N-dealkylation sites (N-methyl/N-ethyl adjacent to an activating group) is 1. The summed E-state index contributed by atoms with van der Waals surface area (Å²) >= 11 is 0. The van der Waals surface area contributed by atoms with E-state index in [9.17, 15) is 15.2 Å². The Labute approximate surface area is 112 Å². The topological polar surface area (TPSA) is 91.5 Å². The Bertz CT molecular complexity index is 460. The third-order valence-electron chi connectivity index (χ3n) is 2.59. The van der Waals surface area contributed by atoms with Crippen molar-refractivity contribution in [2.75, 3.05) is 32.5 Å². The number of nitrogens with zero attached hydrogens (tertiary/aromatic N) is 3. The fraction of sp³-hybridized carbons (Fsp3) is 0.583. The molecule has 1 heterocycles. The van der Waals surface area contributed by atoms with Gasteiger partial charge in [0.05, 0.1) is 10.5 Å². The van der Waals surface area contributed by atoms with Crippen LogP contribution in [0.1, 0.15) is 12.5 Å². The molecule has 0 saturated heterocycles. The van der Waals surface area contributed by atoms with Crippen molar-refractivity contribution in [1.82, 2.24) is 9.88 Å². The summed E-state index contributed by atoms with van der Waals surface area (Å²) in [6.45, 7) is 4.20. The molecule has 0 aromatic carbocycles. The summed E-state index contributed by atoms with van der Waals surface area (Å²) in [6.07, 6.45) is 1.22. The summed E-state index contributed by atoms with van der Waals surface area (Å²) < 4.78 is 0. The second-order valence-electron chi connectivity index (χ2n) is 5.20. The number of aromatic nitrogens is 1. The van der Waals surface area contributed by atoms with Gasteiger partial charge in [0.25, 0.3) is 5.69 Å². The number of aryl methyl sites for hydroxylation is 1. The summed E-state index contributed by atoms with van der Waals surface area (Å²) in [4.78, 5) is 16.1. The summed E-state index contributed by atoms with van der Waals surface area (Å²) in [5.74, 6) is 0.516. The molecule has 19 heavy (non-hydrogen) atoms. The van der Waals surface area contributed by atoms with E-state index in [1.807, 2.05) is 19.0 Å². The normalized spacial score (nSPS) is 14.2. The molecule has 7 nitrogen and oxygen atoms in total. The predicted molar refractivity (Wildman–Crippen MR) is 73.3 cm³/mol. The predicted octanol–water partition coefficient (Wildman–Crippen LogP) is 1.02. The Morgan fingerprint density at radius 2 is 2.21 bits per heavy atom. The molecule has 0 spiro atoms. The number of pyridine rings is 1. The second kappa shape index (κ2) is 5.94. The van der Waals surface area contributed by atoms with Crippen LogP contribution in [0.15, 0.2) is 12.3 Å². The SMILES string of the molecule is Cc1cc(NCC(C)(O)CN(C)C)ncc1[N+](=O)[O-]. The van der Waals surface area contributed by atoms with Crippen molar-refractivity contribution in [3.8, 4) is 0 Å². The van der Waals surface area contributed by atoms with Gasteiger partial charge in [-0.15, -0.1) is 0 Å². The molecule has 106 valence electrons. The van der Waals surface area contributed by atoms with Gasteiger partial charge < -0.3 is 15.3 Å². The van der Waals surface area contributed by atoms with Crippen molar-refractivity contribution in [2.45, 2.75) is 19.4 Å². The molecule has 0 bridgehead atoms. The average Bonchev–Trinajstić information content (AvgIpc) is 2.24. The first-order chi connectivity index (χ1) is 8.71. The molecular weight excluding hydrogens is 248 g/mol. The molecule has 0 saturated carbocycles. The van der Waals surface area contributed by atoms with Crippen LogP contribution in [0.25, 0.3) is 0 Å². The van der Waals surface area contributed by atoms with E-state index in [0.717, 1.165) is 0 Å². The van der Waals surface area contributed by atoms with Crippen LogP contribution in [0.3, 0.4) is 0 Å². The minimum Gasteiger partial charge on any atom is -0.387 e. The number of hydrogen-bond donors (Lipinski definition) is 2. The van der Waals surface area contributed by atoms with Crippen molar-refractivity contribution < 1.29 is 10.0 Å². The number of hydrogen-bond acceptors (Lipinski definition) is 6. The monoisotopic (exact) mass is 268 g/mol. The molecule has 1 unspecified atom stereocenters. The number of anilines is 1. The summed E-state index contributed by atoms with van der Waals surface area (Å²) in [7, 11) is 3.76. The molecule has 7 heteroatoms. The van der Waals surface area contributed by atoms with E-state index in [0.29, 0.717) is 24.5 Å². The lowest BCUT2D eigenvalue weighted by Gasteiger charge is -2.27. The number of aliphatic hydroxyl groups is 1. The van der Waals surface area contributed by atoms with Gasteiger partial charge in [0.1, 0.15) is 12.0 Å². The first-order valence-electron chi connectivity index (χ1n) is 5.93. The molecule has 1 aromatic rings. The molecule has 2 N–H and O–H groups in total. The molecular formula is C12H20N4O3. The first kappa shape index (κ1) is 15.3. The van der Waals surface area contributed by atoms with Gasteiger partial charge in [-0.05, 0) is 34.0 Å². The fourth-order valence-electron chi connectivity index (χ4n) is 1.85. The van der Waals surface area contributed by atoms with Crippen molar-refractivity contribution in [2.24, 2.45) is 0 Å². The Hall–Kier alpha value is -1.73. The molecule has 0 aliphatic heterocycles. The molecule has 1 aromatic heterocycles. The maximum absolute atomic E-state index is 10.7. The third kappa shape index (κ3) is 4.80. The van der Waals surface area contributed by atoms with Crippen molar-refractivity contribution in [3.05, 3.63) is 27.9 Å². The van der Waals surface area contributed by atoms with Gasteiger partial charge in [-0.25, -0.2) is 4.98 Å². The minimum absolute atomic E-state index is 0.00870. The van der Waals surface area contributed by atoms with E-state index in [4.69, 9.17) is 0 Å². The second-order valence-corrected chi connectivity index (χ2v) is 5.20. The van der Waals surface area contributed by atoms with E-state index in [2.05, 4.69) is 10.3 Å². The van der Waals surface area contributed by atoms with Crippen LogP contribution in [0.5, 0.6) is 0 Å². The van der Waals surface area contributed by atoms with Crippen LogP contribution in [0, 0.1) is 17.0 Å². The largest absolute Gasteiger partial charge is 0.387 e.